The molecule has 0 N–H and O–H groups in total. The van der Waals surface area contributed by atoms with E-state index in [0.29, 0.717) is 11.3 Å². The van der Waals surface area contributed by atoms with E-state index >= 15 is 0 Å². The van der Waals surface area contributed by atoms with Crippen LogP contribution in [0.25, 0.3) is 11.2 Å². The first-order chi connectivity index (χ1) is 8.78. The van der Waals surface area contributed by atoms with Gasteiger partial charge in [0.15, 0.2) is 5.65 Å². The van der Waals surface area contributed by atoms with Crippen LogP contribution in [-0.4, -0.2) is 14.5 Å². The lowest BCUT2D eigenvalue weighted by molar-refractivity contribution is 0.388. The van der Waals surface area contributed by atoms with E-state index in [-0.39, 0.29) is 0 Å². The van der Waals surface area contributed by atoms with Crippen molar-refractivity contribution in [2.24, 2.45) is 5.41 Å². The summed E-state index contributed by atoms with van der Waals surface area (Å²) in [7, 11) is 0. The molecule has 0 bridgehead atoms. The zero-order chi connectivity index (χ0) is 12.6. The van der Waals surface area contributed by atoms with Gasteiger partial charge in [-0.2, -0.15) is 0 Å². The summed E-state index contributed by atoms with van der Waals surface area (Å²) in [6, 6.07) is 3.94. The minimum Gasteiger partial charge on any atom is -0.311 e. The van der Waals surface area contributed by atoms with Crippen LogP contribution in [0.1, 0.15) is 38.4 Å². The Morgan fingerprint density at radius 2 is 2.28 bits per heavy atom. The van der Waals surface area contributed by atoms with E-state index in [1.54, 1.807) is 0 Å². The molecule has 0 amide bonds. The number of pyridine rings is 1. The quantitative estimate of drug-likeness (QED) is 0.769. The zero-order valence-electron chi connectivity index (χ0n) is 10.7. The Labute approximate surface area is 112 Å². The number of hydrogen-bond acceptors (Lipinski definition) is 2. The average molecular weight is 264 g/mol. The van der Waals surface area contributed by atoms with Crippen molar-refractivity contribution in [3.8, 4) is 0 Å². The first-order valence-electron chi connectivity index (χ1n) is 6.64. The summed E-state index contributed by atoms with van der Waals surface area (Å²) < 4.78 is 2.23. The number of aromatic nitrogens is 3. The predicted octanol–water partition coefficient (Wildman–Crippen LogP) is 3.75. The Kier molecular flexibility index (Phi) is 3.02. The number of alkyl halides is 1. The molecule has 4 heteroatoms. The molecule has 0 radical (unpaired) electrons. The molecule has 0 atom stereocenters. The van der Waals surface area contributed by atoms with Gasteiger partial charge in [-0.25, -0.2) is 9.97 Å². The van der Waals surface area contributed by atoms with E-state index < -0.39 is 0 Å². The number of fused-ring (bicyclic) bond motifs is 1. The average Bonchev–Trinajstić information content (AvgIpc) is 3.05. The molecule has 18 heavy (non-hydrogen) atoms. The SMILES string of the molecule is CCCC1(Cn2c(CCl)nc3cccnc32)CC1. The molecule has 0 saturated heterocycles. The maximum Gasteiger partial charge on any atom is 0.160 e. The summed E-state index contributed by atoms with van der Waals surface area (Å²) in [5.74, 6) is 1.41. The number of halogens is 1. The van der Waals surface area contributed by atoms with Gasteiger partial charge in [0.05, 0.1) is 5.88 Å². The summed E-state index contributed by atoms with van der Waals surface area (Å²) >= 11 is 6.02. The van der Waals surface area contributed by atoms with Gasteiger partial charge in [-0.05, 0) is 36.8 Å². The molecule has 1 aliphatic rings. The molecule has 0 spiro atoms. The summed E-state index contributed by atoms with van der Waals surface area (Å²) in [5, 5.41) is 0. The van der Waals surface area contributed by atoms with Gasteiger partial charge in [0, 0.05) is 12.7 Å². The van der Waals surface area contributed by atoms with E-state index in [1.807, 2.05) is 18.3 Å². The predicted molar refractivity (Wildman–Crippen MR) is 73.7 cm³/mol. The molecule has 0 aromatic carbocycles. The Hall–Kier alpha value is -1.09. The van der Waals surface area contributed by atoms with Crippen molar-refractivity contribution in [2.45, 2.75) is 45.0 Å². The van der Waals surface area contributed by atoms with Crippen LogP contribution in [0.5, 0.6) is 0 Å². The Balaban J connectivity index is 1.99. The first-order valence-corrected chi connectivity index (χ1v) is 7.17. The minimum atomic E-state index is 0.457. The van der Waals surface area contributed by atoms with E-state index in [1.165, 1.54) is 25.7 Å². The molecule has 3 rings (SSSR count). The van der Waals surface area contributed by atoms with Gasteiger partial charge in [-0.1, -0.05) is 13.3 Å². The summed E-state index contributed by atoms with van der Waals surface area (Å²) in [5.41, 5.74) is 2.43. The second kappa shape index (κ2) is 4.54. The smallest absolute Gasteiger partial charge is 0.160 e. The summed E-state index contributed by atoms with van der Waals surface area (Å²) in [4.78, 5) is 9.04. The van der Waals surface area contributed by atoms with Gasteiger partial charge >= 0.3 is 0 Å². The zero-order valence-corrected chi connectivity index (χ0v) is 11.5. The molecule has 3 nitrogen and oxygen atoms in total. The number of imidazole rings is 1. The van der Waals surface area contributed by atoms with Gasteiger partial charge < -0.3 is 4.57 Å². The number of nitrogens with zero attached hydrogens (tertiary/aromatic N) is 3. The monoisotopic (exact) mass is 263 g/mol. The fourth-order valence-electron chi connectivity index (χ4n) is 2.80. The topological polar surface area (TPSA) is 30.7 Å². The van der Waals surface area contributed by atoms with Crippen LogP contribution in [0.4, 0.5) is 0 Å². The molecule has 2 heterocycles. The van der Waals surface area contributed by atoms with Crippen molar-refractivity contribution in [1.29, 1.82) is 0 Å². The normalized spacial score (nSPS) is 17.2. The molecule has 1 aliphatic carbocycles. The lowest BCUT2D eigenvalue weighted by Crippen LogP contribution is -2.14. The fraction of sp³-hybridized carbons (Fsp3) is 0.571. The van der Waals surface area contributed by atoms with E-state index in [9.17, 15) is 0 Å². The molecular weight excluding hydrogens is 246 g/mol. The second-order valence-corrected chi connectivity index (χ2v) is 5.61. The third-order valence-electron chi connectivity index (χ3n) is 3.93. The lowest BCUT2D eigenvalue weighted by Gasteiger charge is -2.16. The van der Waals surface area contributed by atoms with Crippen molar-refractivity contribution in [3.05, 3.63) is 24.2 Å². The van der Waals surface area contributed by atoms with Crippen molar-refractivity contribution >= 4 is 22.8 Å². The Bertz CT molecular complexity index is 557. The highest BCUT2D eigenvalue weighted by atomic mass is 35.5. The molecule has 96 valence electrons. The van der Waals surface area contributed by atoms with Gasteiger partial charge in [0.25, 0.3) is 0 Å². The lowest BCUT2D eigenvalue weighted by atomic mass is 10.0. The second-order valence-electron chi connectivity index (χ2n) is 5.34. The van der Waals surface area contributed by atoms with Gasteiger partial charge in [-0.15, -0.1) is 11.6 Å². The Morgan fingerprint density at radius 3 is 2.94 bits per heavy atom. The van der Waals surface area contributed by atoms with Crippen molar-refractivity contribution < 1.29 is 0 Å². The van der Waals surface area contributed by atoms with Crippen LogP contribution in [0.15, 0.2) is 18.3 Å². The highest BCUT2D eigenvalue weighted by Gasteiger charge is 2.42. The van der Waals surface area contributed by atoms with Gasteiger partial charge in [-0.3, -0.25) is 0 Å². The summed E-state index contributed by atoms with van der Waals surface area (Å²) in [6.07, 6.45) is 7.03. The van der Waals surface area contributed by atoms with Gasteiger partial charge in [0.1, 0.15) is 11.3 Å². The van der Waals surface area contributed by atoms with E-state index in [0.717, 1.165) is 23.5 Å². The standard InChI is InChI=1S/C14H18ClN3/c1-2-5-14(6-7-14)10-18-12(9-15)17-11-4-3-8-16-13(11)18/h3-4,8H,2,5-7,9-10H2,1H3. The highest BCUT2D eigenvalue weighted by molar-refractivity contribution is 6.16. The number of rotatable bonds is 5. The van der Waals surface area contributed by atoms with Crippen LogP contribution in [0.3, 0.4) is 0 Å². The minimum absolute atomic E-state index is 0.457. The van der Waals surface area contributed by atoms with E-state index in [4.69, 9.17) is 11.6 Å². The first kappa shape index (κ1) is 12.0. The van der Waals surface area contributed by atoms with Crippen LogP contribution in [0.2, 0.25) is 0 Å². The molecule has 1 saturated carbocycles. The third-order valence-corrected chi connectivity index (χ3v) is 4.17. The van der Waals surface area contributed by atoms with Crippen LogP contribution >= 0.6 is 11.6 Å². The maximum absolute atomic E-state index is 6.02. The van der Waals surface area contributed by atoms with E-state index in [2.05, 4.69) is 21.5 Å². The van der Waals surface area contributed by atoms with Crippen LogP contribution in [-0.2, 0) is 12.4 Å². The molecule has 0 unspecified atom stereocenters. The van der Waals surface area contributed by atoms with Crippen molar-refractivity contribution in [3.63, 3.8) is 0 Å². The largest absolute Gasteiger partial charge is 0.311 e. The fourth-order valence-corrected chi connectivity index (χ4v) is 3.01. The van der Waals surface area contributed by atoms with Crippen LogP contribution in [0, 0.1) is 5.41 Å². The molecule has 2 aromatic heterocycles. The summed E-state index contributed by atoms with van der Waals surface area (Å²) in [6.45, 7) is 3.28. The molecule has 0 aliphatic heterocycles. The van der Waals surface area contributed by atoms with Gasteiger partial charge in [0.2, 0.25) is 0 Å². The van der Waals surface area contributed by atoms with Crippen LogP contribution < -0.4 is 0 Å². The third kappa shape index (κ3) is 2.01. The number of hydrogen-bond donors (Lipinski definition) is 0. The van der Waals surface area contributed by atoms with Crippen molar-refractivity contribution in [1.82, 2.24) is 14.5 Å². The van der Waals surface area contributed by atoms with Crippen molar-refractivity contribution in [2.75, 3.05) is 0 Å². The maximum atomic E-state index is 6.02. The molecular formula is C14H18ClN3. The molecule has 1 fully saturated rings. The highest BCUT2D eigenvalue weighted by Crippen LogP contribution is 2.51. The Morgan fingerprint density at radius 1 is 1.44 bits per heavy atom. The molecule has 2 aromatic rings.